The fourth-order valence-corrected chi connectivity index (χ4v) is 1.56. The van der Waals surface area contributed by atoms with Crippen LogP contribution in [0.25, 0.3) is 0 Å². The van der Waals surface area contributed by atoms with Gasteiger partial charge in [-0.05, 0) is 31.5 Å². The van der Waals surface area contributed by atoms with Crippen LogP contribution in [0.3, 0.4) is 0 Å². The first-order valence-corrected chi connectivity index (χ1v) is 5.38. The van der Waals surface area contributed by atoms with Crippen molar-refractivity contribution >= 4 is 11.6 Å². The molecule has 0 heterocycles. The molecule has 0 spiro atoms. The van der Waals surface area contributed by atoms with Gasteiger partial charge in [-0.1, -0.05) is 12.1 Å². The van der Waals surface area contributed by atoms with Crippen LogP contribution in [-0.2, 0) is 11.3 Å². The molecule has 4 heteroatoms. The third-order valence-electron chi connectivity index (χ3n) is 2.45. The fraction of sp³-hybridized carbons (Fsp3) is 0.417. The number of hydrogen-bond donors (Lipinski definition) is 2. The van der Waals surface area contributed by atoms with E-state index < -0.39 is 0 Å². The molecule has 16 heavy (non-hydrogen) atoms. The number of benzene rings is 1. The monoisotopic (exact) mass is 221 g/mol. The molecule has 0 unspecified atom stereocenters. The van der Waals surface area contributed by atoms with Crippen LogP contribution in [0.2, 0.25) is 0 Å². The van der Waals surface area contributed by atoms with Gasteiger partial charge in [0.25, 0.3) is 0 Å². The highest BCUT2D eigenvalue weighted by molar-refractivity contribution is 5.79. The van der Waals surface area contributed by atoms with Gasteiger partial charge in [0.2, 0.25) is 5.91 Å². The number of amides is 1. The molecular formula is C12H19N3O. The number of hydrogen-bond acceptors (Lipinski definition) is 3. The van der Waals surface area contributed by atoms with Crippen LogP contribution in [0, 0.1) is 0 Å². The first kappa shape index (κ1) is 12.5. The van der Waals surface area contributed by atoms with Gasteiger partial charge in [0, 0.05) is 18.3 Å². The number of primary amides is 1. The molecule has 0 aliphatic heterocycles. The molecule has 0 radical (unpaired) electrons. The predicted molar refractivity (Wildman–Crippen MR) is 66.0 cm³/mol. The molecule has 0 fully saturated rings. The highest BCUT2D eigenvalue weighted by atomic mass is 16.1. The van der Waals surface area contributed by atoms with Gasteiger partial charge in [0.05, 0.1) is 6.54 Å². The normalized spacial score (nSPS) is 10.5. The number of anilines is 1. The van der Waals surface area contributed by atoms with Crippen molar-refractivity contribution in [2.24, 2.45) is 11.5 Å². The van der Waals surface area contributed by atoms with E-state index in [0.717, 1.165) is 11.3 Å². The molecule has 0 bridgehead atoms. The van der Waals surface area contributed by atoms with Crippen molar-refractivity contribution in [2.45, 2.75) is 26.4 Å². The Hall–Kier alpha value is -1.55. The fourth-order valence-electron chi connectivity index (χ4n) is 1.56. The van der Waals surface area contributed by atoms with E-state index in [4.69, 9.17) is 11.5 Å². The number of nitrogens with zero attached hydrogens (tertiary/aromatic N) is 1. The van der Waals surface area contributed by atoms with Gasteiger partial charge in [0.1, 0.15) is 0 Å². The van der Waals surface area contributed by atoms with Crippen molar-refractivity contribution in [3.05, 3.63) is 29.8 Å². The first-order valence-electron chi connectivity index (χ1n) is 5.38. The molecule has 88 valence electrons. The molecule has 1 aromatic rings. The maximum absolute atomic E-state index is 11.0. The summed E-state index contributed by atoms with van der Waals surface area (Å²) in [5.41, 5.74) is 12.8. The second-order valence-corrected chi connectivity index (χ2v) is 4.06. The number of nitrogens with two attached hydrogens (primary N) is 2. The summed E-state index contributed by atoms with van der Waals surface area (Å²) in [6.45, 7) is 4.82. The lowest BCUT2D eigenvalue weighted by Gasteiger charge is -2.27. The van der Waals surface area contributed by atoms with E-state index in [1.54, 1.807) is 0 Å². The molecule has 0 atom stereocenters. The van der Waals surface area contributed by atoms with Crippen molar-refractivity contribution in [1.82, 2.24) is 0 Å². The van der Waals surface area contributed by atoms with Crippen molar-refractivity contribution < 1.29 is 4.79 Å². The molecule has 0 saturated carbocycles. The lowest BCUT2D eigenvalue weighted by Crippen LogP contribution is -2.38. The molecule has 1 rings (SSSR count). The van der Waals surface area contributed by atoms with Gasteiger partial charge < -0.3 is 16.4 Å². The van der Waals surface area contributed by atoms with Crippen LogP contribution in [0.15, 0.2) is 24.3 Å². The molecule has 0 aliphatic rings. The Balaban J connectivity index is 2.88. The zero-order chi connectivity index (χ0) is 12.1. The van der Waals surface area contributed by atoms with Gasteiger partial charge in [-0.25, -0.2) is 0 Å². The molecule has 4 nitrogen and oxygen atoms in total. The Morgan fingerprint density at radius 1 is 1.31 bits per heavy atom. The minimum atomic E-state index is -0.323. The summed E-state index contributed by atoms with van der Waals surface area (Å²) in [6.07, 6.45) is 0. The Morgan fingerprint density at radius 3 is 2.25 bits per heavy atom. The average Bonchev–Trinajstić information content (AvgIpc) is 2.25. The lowest BCUT2D eigenvalue weighted by atomic mass is 10.1. The summed E-state index contributed by atoms with van der Waals surface area (Å²) >= 11 is 0. The summed E-state index contributed by atoms with van der Waals surface area (Å²) in [7, 11) is 0. The number of rotatable bonds is 5. The summed E-state index contributed by atoms with van der Waals surface area (Å²) < 4.78 is 0. The van der Waals surface area contributed by atoms with Crippen molar-refractivity contribution in [3.8, 4) is 0 Å². The van der Waals surface area contributed by atoms with Crippen LogP contribution < -0.4 is 16.4 Å². The minimum absolute atomic E-state index is 0.233. The quantitative estimate of drug-likeness (QED) is 0.774. The largest absolute Gasteiger partial charge is 0.368 e. The van der Waals surface area contributed by atoms with Gasteiger partial charge in [-0.15, -0.1) is 0 Å². The zero-order valence-electron chi connectivity index (χ0n) is 9.81. The smallest absolute Gasteiger partial charge is 0.236 e. The standard InChI is InChI=1S/C12H19N3O/c1-9(2)15(8-12(14)16)11-5-3-10(7-13)4-6-11/h3-6,9H,7-8,13H2,1-2H3,(H2,14,16). The maximum Gasteiger partial charge on any atom is 0.236 e. The van der Waals surface area contributed by atoms with Crippen molar-refractivity contribution in [3.63, 3.8) is 0 Å². The maximum atomic E-state index is 11.0. The summed E-state index contributed by atoms with van der Waals surface area (Å²) in [5, 5.41) is 0. The topological polar surface area (TPSA) is 72.3 Å². The SMILES string of the molecule is CC(C)N(CC(N)=O)c1ccc(CN)cc1. The van der Waals surface area contributed by atoms with Crippen molar-refractivity contribution in [2.75, 3.05) is 11.4 Å². The molecular weight excluding hydrogens is 202 g/mol. The number of carbonyl (C=O) groups excluding carboxylic acids is 1. The van der Waals surface area contributed by atoms with Gasteiger partial charge in [-0.3, -0.25) is 4.79 Å². The number of carbonyl (C=O) groups is 1. The van der Waals surface area contributed by atoms with Crippen LogP contribution in [0.5, 0.6) is 0 Å². The zero-order valence-corrected chi connectivity index (χ0v) is 9.81. The average molecular weight is 221 g/mol. The Kier molecular flexibility index (Phi) is 4.31. The molecule has 0 saturated heterocycles. The Labute approximate surface area is 96.2 Å². The minimum Gasteiger partial charge on any atom is -0.368 e. The first-order chi connectivity index (χ1) is 7.54. The second-order valence-electron chi connectivity index (χ2n) is 4.06. The highest BCUT2D eigenvalue weighted by Gasteiger charge is 2.12. The van der Waals surface area contributed by atoms with E-state index in [0.29, 0.717) is 6.54 Å². The molecule has 0 aromatic heterocycles. The van der Waals surface area contributed by atoms with E-state index >= 15 is 0 Å². The molecule has 4 N–H and O–H groups in total. The summed E-state index contributed by atoms with van der Waals surface area (Å²) in [4.78, 5) is 12.9. The lowest BCUT2D eigenvalue weighted by molar-refractivity contribution is -0.116. The Bertz CT molecular complexity index is 346. The van der Waals surface area contributed by atoms with Crippen LogP contribution in [0.1, 0.15) is 19.4 Å². The van der Waals surface area contributed by atoms with E-state index in [1.165, 1.54) is 0 Å². The summed E-state index contributed by atoms with van der Waals surface area (Å²) in [6, 6.07) is 8.09. The molecule has 0 aliphatic carbocycles. The third kappa shape index (κ3) is 3.24. The molecule has 1 amide bonds. The second kappa shape index (κ2) is 5.51. The van der Waals surface area contributed by atoms with Crippen LogP contribution >= 0.6 is 0 Å². The predicted octanol–water partition coefficient (Wildman–Crippen LogP) is 0.845. The van der Waals surface area contributed by atoms with Crippen LogP contribution in [-0.4, -0.2) is 18.5 Å². The van der Waals surface area contributed by atoms with Crippen molar-refractivity contribution in [1.29, 1.82) is 0 Å². The van der Waals surface area contributed by atoms with E-state index in [9.17, 15) is 4.79 Å². The Morgan fingerprint density at radius 2 is 1.88 bits per heavy atom. The van der Waals surface area contributed by atoms with Gasteiger partial charge >= 0.3 is 0 Å². The van der Waals surface area contributed by atoms with E-state index in [1.807, 2.05) is 43.0 Å². The summed E-state index contributed by atoms with van der Waals surface area (Å²) in [5.74, 6) is -0.323. The van der Waals surface area contributed by atoms with E-state index in [-0.39, 0.29) is 18.5 Å². The molecule has 1 aromatic carbocycles. The van der Waals surface area contributed by atoms with E-state index in [2.05, 4.69) is 0 Å². The van der Waals surface area contributed by atoms with Gasteiger partial charge in [-0.2, -0.15) is 0 Å². The highest BCUT2D eigenvalue weighted by Crippen LogP contribution is 2.17. The van der Waals surface area contributed by atoms with Crippen LogP contribution in [0.4, 0.5) is 5.69 Å². The van der Waals surface area contributed by atoms with Gasteiger partial charge in [0.15, 0.2) is 0 Å². The third-order valence-corrected chi connectivity index (χ3v) is 2.45.